The predicted molar refractivity (Wildman–Crippen MR) is 63.1 cm³/mol. The molecule has 0 aromatic heterocycles. The zero-order valence-electron chi connectivity index (χ0n) is 11.4. The van der Waals surface area contributed by atoms with E-state index in [1.807, 2.05) is 0 Å². The Labute approximate surface area is 115 Å². The highest BCUT2D eigenvalue weighted by atomic mass is 16.9. The number of hydrogen-bond acceptors (Lipinski definition) is 7. The quantitative estimate of drug-likeness (QED) is 0.452. The Morgan fingerprint density at radius 2 is 1.95 bits per heavy atom. The van der Waals surface area contributed by atoms with Crippen molar-refractivity contribution in [1.29, 1.82) is 0 Å². The largest absolute Gasteiger partial charge is 0.344 e. The van der Waals surface area contributed by atoms with Crippen molar-refractivity contribution in [3.63, 3.8) is 0 Å². The summed E-state index contributed by atoms with van der Waals surface area (Å²) in [6, 6.07) is -0.603. The molecule has 3 aliphatic rings. The Bertz CT molecular complexity index is 449. The van der Waals surface area contributed by atoms with Gasteiger partial charge in [-0.1, -0.05) is 5.11 Å². The molecule has 0 amide bonds. The van der Waals surface area contributed by atoms with E-state index in [1.54, 1.807) is 13.8 Å². The molecule has 20 heavy (non-hydrogen) atoms. The first-order valence-corrected chi connectivity index (χ1v) is 6.41. The maximum Gasteiger partial charge on any atom is 0.277 e. The first kappa shape index (κ1) is 14.0. The summed E-state index contributed by atoms with van der Waals surface area (Å²) in [6.45, 7) is 5.05. The molecule has 0 spiro atoms. The summed E-state index contributed by atoms with van der Waals surface area (Å²) in [7, 11) is 0. The van der Waals surface area contributed by atoms with Crippen LogP contribution in [0.3, 0.4) is 0 Å². The molecule has 112 valence electrons. The van der Waals surface area contributed by atoms with Crippen molar-refractivity contribution in [2.75, 3.05) is 6.61 Å². The van der Waals surface area contributed by atoms with Gasteiger partial charge in [0.25, 0.3) is 5.97 Å². The Kier molecular flexibility index (Phi) is 3.18. The van der Waals surface area contributed by atoms with Gasteiger partial charge in [-0.05, 0) is 19.4 Å². The number of ether oxygens (including phenoxy) is 5. The van der Waals surface area contributed by atoms with Crippen molar-refractivity contribution in [2.24, 2.45) is 5.11 Å². The lowest BCUT2D eigenvalue weighted by molar-refractivity contribution is -0.306. The Morgan fingerprint density at radius 3 is 2.55 bits per heavy atom. The van der Waals surface area contributed by atoms with E-state index >= 15 is 0 Å². The van der Waals surface area contributed by atoms with Gasteiger partial charge in [-0.15, -0.1) is 0 Å². The van der Waals surface area contributed by atoms with Crippen LogP contribution in [0.4, 0.5) is 0 Å². The third-order valence-electron chi connectivity index (χ3n) is 3.49. The molecule has 3 heterocycles. The monoisotopic (exact) mass is 287 g/mol. The van der Waals surface area contributed by atoms with Crippen LogP contribution in [-0.4, -0.2) is 54.1 Å². The first-order valence-electron chi connectivity index (χ1n) is 6.41. The zero-order chi connectivity index (χ0) is 14.5. The van der Waals surface area contributed by atoms with Gasteiger partial charge < -0.3 is 28.8 Å². The lowest BCUT2D eigenvalue weighted by Crippen LogP contribution is -2.41. The van der Waals surface area contributed by atoms with Gasteiger partial charge in [-0.25, -0.2) is 0 Å². The van der Waals surface area contributed by atoms with Gasteiger partial charge in [0.15, 0.2) is 12.1 Å². The number of aliphatic hydroxyl groups is 1. The SMILES string of the molecule is CC1(C)O[C@H]2O[C@H]([C@H]3CO[C@@](C)(O)O3)[C@H](N=[N+]=[N-])[C@H]2O1. The second-order valence-electron chi connectivity index (χ2n) is 5.63. The molecule has 1 N–H and O–H groups in total. The fourth-order valence-corrected chi connectivity index (χ4v) is 2.76. The van der Waals surface area contributed by atoms with Crippen molar-refractivity contribution in [1.82, 2.24) is 0 Å². The van der Waals surface area contributed by atoms with Gasteiger partial charge in [-0.3, -0.25) is 0 Å². The molecule has 0 bridgehead atoms. The smallest absolute Gasteiger partial charge is 0.277 e. The van der Waals surface area contributed by atoms with E-state index in [0.717, 1.165) is 0 Å². The molecule has 3 rings (SSSR count). The molecule has 0 aromatic rings. The fourth-order valence-electron chi connectivity index (χ4n) is 2.76. The van der Waals surface area contributed by atoms with E-state index in [1.165, 1.54) is 6.92 Å². The van der Waals surface area contributed by atoms with Crippen LogP contribution in [-0.2, 0) is 23.7 Å². The molecule has 9 nitrogen and oxygen atoms in total. The van der Waals surface area contributed by atoms with Crippen LogP contribution in [0.1, 0.15) is 20.8 Å². The van der Waals surface area contributed by atoms with Crippen LogP contribution in [0.5, 0.6) is 0 Å². The average molecular weight is 287 g/mol. The zero-order valence-corrected chi connectivity index (χ0v) is 11.4. The summed E-state index contributed by atoms with van der Waals surface area (Å²) in [6.07, 6.45) is -2.27. The van der Waals surface area contributed by atoms with Crippen LogP contribution in [0.15, 0.2) is 5.11 Å². The summed E-state index contributed by atoms with van der Waals surface area (Å²) < 4.78 is 27.5. The van der Waals surface area contributed by atoms with Crippen LogP contribution in [0.2, 0.25) is 0 Å². The summed E-state index contributed by atoms with van der Waals surface area (Å²) in [5.41, 5.74) is 8.72. The molecular weight excluding hydrogens is 270 g/mol. The van der Waals surface area contributed by atoms with E-state index in [2.05, 4.69) is 10.0 Å². The molecule has 0 aliphatic carbocycles. The predicted octanol–water partition coefficient (Wildman–Crippen LogP) is 0.623. The molecule has 3 saturated heterocycles. The topological polar surface area (TPSA) is 115 Å². The van der Waals surface area contributed by atoms with Gasteiger partial charge in [0.2, 0.25) is 0 Å². The third-order valence-corrected chi connectivity index (χ3v) is 3.49. The second-order valence-corrected chi connectivity index (χ2v) is 5.63. The van der Waals surface area contributed by atoms with E-state index in [0.29, 0.717) is 0 Å². The lowest BCUT2D eigenvalue weighted by atomic mass is 10.0. The fraction of sp³-hybridized carbons (Fsp3) is 1.00. The van der Waals surface area contributed by atoms with Crippen molar-refractivity contribution < 1.29 is 28.8 Å². The highest BCUT2D eigenvalue weighted by molar-refractivity contribution is 5.01. The number of fused-ring (bicyclic) bond motifs is 1. The third kappa shape index (κ3) is 2.38. The van der Waals surface area contributed by atoms with E-state index in [4.69, 9.17) is 29.2 Å². The van der Waals surface area contributed by atoms with Gasteiger partial charge in [-0.2, -0.15) is 0 Å². The van der Waals surface area contributed by atoms with Crippen LogP contribution in [0.25, 0.3) is 10.4 Å². The number of nitrogens with zero attached hydrogens (tertiary/aromatic N) is 3. The summed E-state index contributed by atoms with van der Waals surface area (Å²) >= 11 is 0. The van der Waals surface area contributed by atoms with Crippen LogP contribution in [0, 0.1) is 0 Å². The molecule has 3 aliphatic heterocycles. The maximum atomic E-state index is 9.66. The van der Waals surface area contributed by atoms with Crippen molar-refractivity contribution >= 4 is 0 Å². The lowest BCUT2D eigenvalue weighted by Gasteiger charge is -2.26. The average Bonchev–Trinajstić information content (AvgIpc) is 2.91. The van der Waals surface area contributed by atoms with Crippen LogP contribution < -0.4 is 0 Å². The molecule has 3 fully saturated rings. The highest BCUT2D eigenvalue weighted by Crippen LogP contribution is 2.41. The van der Waals surface area contributed by atoms with Crippen molar-refractivity contribution in [2.45, 2.75) is 63.2 Å². The van der Waals surface area contributed by atoms with Crippen molar-refractivity contribution in [3.05, 3.63) is 10.4 Å². The molecule has 0 aromatic carbocycles. The molecule has 6 atom stereocenters. The minimum absolute atomic E-state index is 0.137. The summed E-state index contributed by atoms with van der Waals surface area (Å²) in [5, 5.41) is 13.4. The Hall–Kier alpha value is -0.930. The van der Waals surface area contributed by atoms with E-state index < -0.39 is 42.4 Å². The first-order chi connectivity index (χ1) is 9.31. The molecule has 9 heteroatoms. The number of azide groups is 1. The minimum Gasteiger partial charge on any atom is -0.344 e. The Morgan fingerprint density at radius 1 is 1.20 bits per heavy atom. The normalized spacial score (nSPS) is 49.9. The van der Waals surface area contributed by atoms with Gasteiger partial charge >= 0.3 is 0 Å². The molecule has 0 unspecified atom stereocenters. The molecular formula is C11H17N3O6. The van der Waals surface area contributed by atoms with E-state index in [-0.39, 0.29) is 6.61 Å². The molecule has 0 saturated carbocycles. The van der Waals surface area contributed by atoms with Gasteiger partial charge in [0, 0.05) is 11.8 Å². The molecule has 0 radical (unpaired) electrons. The van der Waals surface area contributed by atoms with Crippen molar-refractivity contribution in [3.8, 4) is 0 Å². The Balaban J connectivity index is 1.78. The standard InChI is InChI=1S/C11H17N3O6/c1-10(2)19-8-6(13-14-12)7(17-9(8)20-10)5-4-16-11(3,15)18-5/h5-9,15H,4H2,1-3H3/t5-,6+,7-,8-,9-,11-/m1/s1. The number of rotatable bonds is 2. The van der Waals surface area contributed by atoms with Crippen LogP contribution >= 0.6 is 0 Å². The van der Waals surface area contributed by atoms with Gasteiger partial charge in [0.05, 0.1) is 12.6 Å². The summed E-state index contributed by atoms with van der Waals surface area (Å²) in [4.78, 5) is 2.83. The van der Waals surface area contributed by atoms with Gasteiger partial charge in [0.1, 0.15) is 18.3 Å². The minimum atomic E-state index is -1.66. The maximum absolute atomic E-state index is 9.66. The highest BCUT2D eigenvalue weighted by Gasteiger charge is 2.58. The number of hydrogen-bond donors (Lipinski definition) is 1. The summed E-state index contributed by atoms with van der Waals surface area (Å²) in [5.74, 6) is -2.45. The van der Waals surface area contributed by atoms with E-state index in [9.17, 15) is 5.11 Å². The second kappa shape index (κ2) is 4.54.